The first-order chi connectivity index (χ1) is 10.8. The Bertz CT molecular complexity index is 250. The summed E-state index contributed by atoms with van der Waals surface area (Å²) in [6.07, 6.45) is 8.15. The van der Waals surface area contributed by atoms with E-state index in [9.17, 15) is 0 Å². The van der Waals surface area contributed by atoms with Crippen molar-refractivity contribution in [1.29, 1.82) is 0 Å². The molecule has 0 atom stereocenters. The normalized spacial score (nSPS) is 7.83. The zero-order valence-corrected chi connectivity index (χ0v) is 18.5. The molecule has 0 fully saturated rings. The quantitative estimate of drug-likeness (QED) is 0.454. The molecule has 128 valence electrons. The maximum atomic E-state index is 2.21. The van der Waals surface area contributed by atoms with Crippen molar-refractivity contribution >= 4 is 23.9 Å². The van der Waals surface area contributed by atoms with E-state index in [1.54, 1.807) is 0 Å². The van der Waals surface area contributed by atoms with E-state index in [2.05, 4.69) is 27.7 Å². The van der Waals surface area contributed by atoms with Gasteiger partial charge in [-0.3, -0.25) is 0 Å². The topological polar surface area (TPSA) is 0 Å². The van der Waals surface area contributed by atoms with Crippen molar-refractivity contribution < 1.29 is 0 Å². The zero-order valence-electron chi connectivity index (χ0n) is 15.7. The molecular formula is C22H36Sn. The Balaban J connectivity index is -0.000000230. The Morgan fingerprint density at radius 1 is 0.348 bits per heavy atom. The molecule has 0 aliphatic heterocycles. The minimum absolute atomic E-state index is 0. The van der Waals surface area contributed by atoms with Gasteiger partial charge in [0.05, 0.1) is 0 Å². The summed E-state index contributed by atoms with van der Waals surface area (Å²) in [5.74, 6) is 0. The largest absolute Gasteiger partial charge is 0.0654 e. The number of hydrogen-bond acceptors (Lipinski definition) is 0. The molecule has 0 aromatic heterocycles. The van der Waals surface area contributed by atoms with Gasteiger partial charge in [-0.2, -0.15) is 0 Å². The first-order valence-electron chi connectivity index (χ1n) is 8.83. The Morgan fingerprint density at radius 2 is 0.478 bits per heavy atom. The fourth-order valence-electron chi connectivity index (χ4n) is 1.48. The average molecular weight is 419 g/mol. The summed E-state index contributed by atoms with van der Waals surface area (Å²) in [6, 6.07) is 24.0. The summed E-state index contributed by atoms with van der Waals surface area (Å²) in [7, 11) is 0. The molecule has 0 aliphatic carbocycles. The summed E-state index contributed by atoms with van der Waals surface area (Å²) in [6.45, 7) is 8.85. The Labute approximate surface area is 162 Å². The van der Waals surface area contributed by atoms with Crippen LogP contribution in [0.1, 0.15) is 66.2 Å². The van der Waals surface area contributed by atoms with E-state index >= 15 is 0 Å². The first-order valence-corrected chi connectivity index (χ1v) is 8.83. The van der Waals surface area contributed by atoms with Gasteiger partial charge in [0.25, 0.3) is 0 Å². The molecule has 0 N–H and O–H groups in total. The van der Waals surface area contributed by atoms with E-state index in [1.807, 2.05) is 72.8 Å². The Morgan fingerprint density at radius 3 is 0.522 bits per heavy atom. The van der Waals surface area contributed by atoms with Gasteiger partial charge in [0.15, 0.2) is 0 Å². The molecule has 0 unspecified atom stereocenters. The first kappa shape index (κ1) is 27.1. The third kappa shape index (κ3) is 33.9. The van der Waals surface area contributed by atoms with Crippen LogP contribution in [0, 0.1) is 0 Å². The molecule has 23 heavy (non-hydrogen) atoms. The van der Waals surface area contributed by atoms with Gasteiger partial charge in [0.2, 0.25) is 0 Å². The van der Waals surface area contributed by atoms with E-state index in [0.29, 0.717) is 0 Å². The molecule has 0 nitrogen and oxygen atoms in total. The van der Waals surface area contributed by atoms with Crippen LogP contribution >= 0.6 is 0 Å². The van der Waals surface area contributed by atoms with Crippen molar-refractivity contribution in [3.8, 4) is 0 Å². The van der Waals surface area contributed by atoms with Crippen LogP contribution in [-0.2, 0) is 0 Å². The molecule has 2 aromatic carbocycles. The summed E-state index contributed by atoms with van der Waals surface area (Å²) in [5, 5.41) is 0. The van der Waals surface area contributed by atoms with Crippen LogP contribution in [0.3, 0.4) is 0 Å². The van der Waals surface area contributed by atoms with Crippen molar-refractivity contribution in [1.82, 2.24) is 0 Å². The molecule has 0 saturated carbocycles. The summed E-state index contributed by atoms with van der Waals surface area (Å²) >= 11 is 0. The third-order valence-electron chi connectivity index (χ3n) is 2.75. The second-order valence-corrected chi connectivity index (χ2v) is 5.02. The third-order valence-corrected chi connectivity index (χ3v) is 2.75. The smallest absolute Gasteiger partial charge is 0 e. The van der Waals surface area contributed by atoms with Gasteiger partial charge in [-0.15, -0.1) is 0 Å². The zero-order chi connectivity index (χ0) is 16.7. The van der Waals surface area contributed by atoms with Gasteiger partial charge in [-0.05, 0) is 0 Å². The monoisotopic (exact) mass is 420 g/mol. The molecule has 0 spiro atoms. The van der Waals surface area contributed by atoms with Crippen molar-refractivity contribution in [3.63, 3.8) is 0 Å². The van der Waals surface area contributed by atoms with E-state index in [4.69, 9.17) is 0 Å². The maximum Gasteiger partial charge on any atom is 0 e. The number of hydrogen-bond donors (Lipinski definition) is 0. The van der Waals surface area contributed by atoms with Gasteiger partial charge >= 0.3 is 0 Å². The van der Waals surface area contributed by atoms with Gasteiger partial charge in [0, 0.05) is 23.9 Å². The standard InChI is InChI=1S/2C6H6.2C5H12.Sn/c2*1-2-4-6-5-3-1;2*1-3-5-4-2;/h2*1-6H;2*3-5H2,1-2H3;. The molecule has 0 saturated heterocycles. The summed E-state index contributed by atoms with van der Waals surface area (Å²) < 4.78 is 0. The average Bonchev–Trinajstić information content (AvgIpc) is 2.61. The van der Waals surface area contributed by atoms with Crippen LogP contribution in [0.25, 0.3) is 0 Å². The maximum absolute atomic E-state index is 2.21. The van der Waals surface area contributed by atoms with Gasteiger partial charge in [-0.1, -0.05) is 139 Å². The SMILES string of the molecule is CCCCC.CCCCC.[Sn].c1ccccc1.c1ccccc1. The van der Waals surface area contributed by atoms with E-state index in [1.165, 1.54) is 38.5 Å². The van der Waals surface area contributed by atoms with E-state index < -0.39 is 0 Å². The van der Waals surface area contributed by atoms with Crippen molar-refractivity contribution in [2.45, 2.75) is 66.2 Å². The number of rotatable bonds is 4. The Kier molecular flexibility index (Phi) is 34.5. The van der Waals surface area contributed by atoms with Crippen LogP contribution in [0.4, 0.5) is 0 Å². The van der Waals surface area contributed by atoms with Crippen LogP contribution in [-0.4, -0.2) is 23.9 Å². The minimum atomic E-state index is 0. The fourth-order valence-corrected chi connectivity index (χ4v) is 1.48. The number of benzene rings is 2. The Hall–Kier alpha value is -0.761. The van der Waals surface area contributed by atoms with Gasteiger partial charge in [-0.25, -0.2) is 0 Å². The van der Waals surface area contributed by atoms with Crippen LogP contribution in [0.15, 0.2) is 72.8 Å². The molecule has 0 amide bonds. The minimum Gasteiger partial charge on any atom is -0.0654 e. The molecule has 4 radical (unpaired) electrons. The van der Waals surface area contributed by atoms with Crippen LogP contribution < -0.4 is 0 Å². The summed E-state index contributed by atoms with van der Waals surface area (Å²) in [5.41, 5.74) is 0. The molecule has 0 aliphatic rings. The molecule has 1 heteroatoms. The van der Waals surface area contributed by atoms with E-state index in [0.717, 1.165) is 0 Å². The second kappa shape index (κ2) is 29.3. The molecule has 0 heterocycles. The van der Waals surface area contributed by atoms with Crippen molar-refractivity contribution in [2.75, 3.05) is 0 Å². The van der Waals surface area contributed by atoms with E-state index in [-0.39, 0.29) is 23.9 Å². The van der Waals surface area contributed by atoms with Crippen LogP contribution in [0.2, 0.25) is 0 Å². The predicted octanol–water partition coefficient (Wildman–Crippen LogP) is 7.39. The predicted molar refractivity (Wildman–Crippen MR) is 109 cm³/mol. The molecule has 0 bridgehead atoms. The molecule has 2 aromatic rings. The van der Waals surface area contributed by atoms with Crippen LogP contribution in [0.5, 0.6) is 0 Å². The van der Waals surface area contributed by atoms with Gasteiger partial charge < -0.3 is 0 Å². The number of unbranched alkanes of at least 4 members (excludes halogenated alkanes) is 4. The molecule has 2 rings (SSSR count). The van der Waals surface area contributed by atoms with Crippen molar-refractivity contribution in [3.05, 3.63) is 72.8 Å². The fraction of sp³-hybridized carbons (Fsp3) is 0.455. The summed E-state index contributed by atoms with van der Waals surface area (Å²) in [4.78, 5) is 0. The molecular weight excluding hydrogens is 383 g/mol. The second-order valence-electron chi connectivity index (χ2n) is 5.02. The van der Waals surface area contributed by atoms with Crippen molar-refractivity contribution in [2.24, 2.45) is 0 Å². The van der Waals surface area contributed by atoms with Gasteiger partial charge in [0.1, 0.15) is 0 Å².